The van der Waals surface area contributed by atoms with Crippen molar-refractivity contribution in [2.24, 2.45) is 0 Å². The number of ether oxygens (including phenoxy) is 1. The molecule has 0 radical (unpaired) electrons. The third kappa shape index (κ3) is 4.19. The standard InChI is InChI=1S/C19H15NO2/c1-2-12-22-18-9-6-15(7-10-18)8-11-19(21)17-5-3-4-16(13-17)14-20/h2-11,13H,1,12H2/b11-8+. The molecule has 0 saturated carbocycles. The van der Waals surface area contributed by atoms with Crippen molar-refractivity contribution in [3.63, 3.8) is 0 Å². The van der Waals surface area contributed by atoms with Crippen LogP contribution in [0.2, 0.25) is 0 Å². The van der Waals surface area contributed by atoms with Crippen LogP contribution >= 0.6 is 0 Å². The quantitative estimate of drug-likeness (QED) is 0.458. The summed E-state index contributed by atoms with van der Waals surface area (Å²) in [5, 5.41) is 8.84. The molecule has 108 valence electrons. The van der Waals surface area contributed by atoms with Gasteiger partial charge in [0.05, 0.1) is 11.6 Å². The summed E-state index contributed by atoms with van der Waals surface area (Å²) in [7, 11) is 0. The molecule has 2 aromatic rings. The number of carbonyl (C=O) groups excluding carboxylic acids is 1. The van der Waals surface area contributed by atoms with E-state index in [4.69, 9.17) is 10.00 Å². The lowest BCUT2D eigenvalue weighted by atomic mass is 10.1. The Kier molecular flexibility index (Phi) is 5.28. The SMILES string of the molecule is C=CCOc1ccc(/C=C/C(=O)c2cccc(C#N)c2)cc1. The van der Waals surface area contributed by atoms with Gasteiger partial charge in [-0.15, -0.1) is 0 Å². The molecule has 0 aliphatic carbocycles. The van der Waals surface area contributed by atoms with Gasteiger partial charge in [0.15, 0.2) is 5.78 Å². The Morgan fingerprint density at radius 2 is 2.00 bits per heavy atom. The fourth-order valence-corrected chi connectivity index (χ4v) is 1.84. The Bertz CT molecular complexity index is 737. The van der Waals surface area contributed by atoms with Crippen molar-refractivity contribution in [1.82, 2.24) is 0 Å². The molecule has 0 unspecified atom stereocenters. The number of carbonyl (C=O) groups is 1. The lowest BCUT2D eigenvalue weighted by Gasteiger charge is -2.02. The Hall–Kier alpha value is -3.12. The van der Waals surface area contributed by atoms with Crippen molar-refractivity contribution < 1.29 is 9.53 Å². The van der Waals surface area contributed by atoms with Crippen molar-refractivity contribution in [2.45, 2.75) is 0 Å². The largest absolute Gasteiger partial charge is 0.490 e. The molecule has 0 heterocycles. The molecular weight excluding hydrogens is 274 g/mol. The van der Waals surface area contributed by atoms with Gasteiger partial charge in [-0.3, -0.25) is 4.79 Å². The molecule has 3 nitrogen and oxygen atoms in total. The van der Waals surface area contributed by atoms with E-state index in [1.807, 2.05) is 30.3 Å². The summed E-state index contributed by atoms with van der Waals surface area (Å²) in [5.41, 5.74) is 1.87. The maximum absolute atomic E-state index is 12.1. The number of ketones is 1. The number of rotatable bonds is 6. The van der Waals surface area contributed by atoms with Crippen LogP contribution in [0.25, 0.3) is 6.08 Å². The van der Waals surface area contributed by atoms with E-state index < -0.39 is 0 Å². The van der Waals surface area contributed by atoms with Crippen LogP contribution in [0.5, 0.6) is 5.75 Å². The summed E-state index contributed by atoms with van der Waals surface area (Å²) >= 11 is 0. The van der Waals surface area contributed by atoms with Gasteiger partial charge in [-0.05, 0) is 35.9 Å². The van der Waals surface area contributed by atoms with E-state index >= 15 is 0 Å². The van der Waals surface area contributed by atoms with Gasteiger partial charge in [-0.25, -0.2) is 0 Å². The fourth-order valence-electron chi connectivity index (χ4n) is 1.84. The first kappa shape index (κ1) is 15.3. The summed E-state index contributed by atoms with van der Waals surface area (Å²) in [6, 6.07) is 16.1. The number of nitrogens with zero attached hydrogens (tertiary/aromatic N) is 1. The molecule has 3 heteroatoms. The van der Waals surface area contributed by atoms with Crippen molar-refractivity contribution in [3.8, 4) is 11.8 Å². The van der Waals surface area contributed by atoms with E-state index in [1.165, 1.54) is 6.08 Å². The Morgan fingerprint density at radius 3 is 2.68 bits per heavy atom. The lowest BCUT2D eigenvalue weighted by molar-refractivity contribution is 0.104. The van der Waals surface area contributed by atoms with Gasteiger partial charge in [-0.2, -0.15) is 5.26 Å². The predicted molar refractivity (Wildman–Crippen MR) is 86.7 cm³/mol. The van der Waals surface area contributed by atoms with Crippen molar-refractivity contribution in [1.29, 1.82) is 5.26 Å². The van der Waals surface area contributed by atoms with Gasteiger partial charge in [0.25, 0.3) is 0 Å². The molecule has 0 amide bonds. The van der Waals surface area contributed by atoms with E-state index in [1.54, 1.807) is 36.4 Å². The van der Waals surface area contributed by atoms with E-state index in [0.717, 1.165) is 11.3 Å². The molecule has 0 bridgehead atoms. The highest BCUT2D eigenvalue weighted by atomic mass is 16.5. The number of benzene rings is 2. The Balaban J connectivity index is 2.06. The molecule has 22 heavy (non-hydrogen) atoms. The summed E-state index contributed by atoms with van der Waals surface area (Å²) in [5.74, 6) is 0.620. The summed E-state index contributed by atoms with van der Waals surface area (Å²) in [4.78, 5) is 12.1. The van der Waals surface area contributed by atoms with Crippen LogP contribution in [0.4, 0.5) is 0 Å². The Labute approximate surface area is 129 Å². The first-order valence-electron chi connectivity index (χ1n) is 6.79. The predicted octanol–water partition coefficient (Wildman–Crippen LogP) is 4.02. The first-order chi connectivity index (χ1) is 10.7. The number of hydrogen-bond donors (Lipinski definition) is 0. The van der Waals surface area contributed by atoms with Gasteiger partial charge < -0.3 is 4.74 Å². The molecule has 0 fully saturated rings. The molecule has 0 aromatic heterocycles. The van der Waals surface area contributed by atoms with Crippen LogP contribution < -0.4 is 4.74 Å². The summed E-state index contributed by atoms with van der Waals surface area (Å²) in [6.45, 7) is 4.05. The molecule has 0 spiro atoms. The van der Waals surface area contributed by atoms with Gasteiger partial charge in [0.2, 0.25) is 0 Å². The van der Waals surface area contributed by atoms with Crippen LogP contribution in [0.1, 0.15) is 21.5 Å². The average molecular weight is 289 g/mol. The summed E-state index contributed by atoms with van der Waals surface area (Å²) in [6.07, 6.45) is 4.91. The van der Waals surface area contributed by atoms with Crippen molar-refractivity contribution in [3.05, 3.63) is 84.0 Å². The van der Waals surface area contributed by atoms with E-state index in [-0.39, 0.29) is 5.78 Å². The third-order valence-electron chi connectivity index (χ3n) is 2.95. The minimum Gasteiger partial charge on any atom is -0.490 e. The van der Waals surface area contributed by atoms with Crippen molar-refractivity contribution >= 4 is 11.9 Å². The number of nitriles is 1. The Morgan fingerprint density at radius 1 is 1.23 bits per heavy atom. The lowest BCUT2D eigenvalue weighted by Crippen LogP contribution is -1.94. The zero-order chi connectivity index (χ0) is 15.8. The maximum atomic E-state index is 12.1. The molecule has 2 aromatic carbocycles. The molecule has 0 aliphatic heterocycles. The van der Waals surface area contributed by atoms with Gasteiger partial charge >= 0.3 is 0 Å². The molecule has 0 atom stereocenters. The van der Waals surface area contributed by atoms with Gasteiger partial charge in [0, 0.05) is 5.56 Å². The zero-order valence-electron chi connectivity index (χ0n) is 12.0. The van der Waals surface area contributed by atoms with E-state index in [9.17, 15) is 4.79 Å². The van der Waals surface area contributed by atoms with Gasteiger partial charge in [-0.1, -0.05) is 43.0 Å². The van der Waals surface area contributed by atoms with E-state index in [0.29, 0.717) is 17.7 Å². The molecule has 0 N–H and O–H groups in total. The van der Waals surface area contributed by atoms with Crippen LogP contribution in [0, 0.1) is 11.3 Å². The normalized spacial score (nSPS) is 10.1. The van der Waals surface area contributed by atoms with Crippen LogP contribution in [0.3, 0.4) is 0 Å². The second kappa shape index (κ2) is 7.61. The fraction of sp³-hybridized carbons (Fsp3) is 0.0526. The second-order valence-corrected chi connectivity index (χ2v) is 4.56. The maximum Gasteiger partial charge on any atom is 0.185 e. The number of allylic oxidation sites excluding steroid dienone is 1. The smallest absolute Gasteiger partial charge is 0.185 e. The first-order valence-corrected chi connectivity index (χ1v) is 6.79. The second-order valence-electron chi connectivity index (χ2n) is 4.56. The minimum absolute atomic E-state index is 0.135. The van der Waals surface area contributed by atoms with Crippen molar-refractivity contribution in [2.75, 3.05) is 6.61 Å². The number of hydrogen-bond acceptors (Lipinski definition) is 3. The highest BCUT2D eigenvalue weighted by Crippen LogP contribution is 2.14. The average Bonchev–Trinajstić information content (AvgIpc) is 2.58. The molecule has 2 rings (SSSR count). The highest BCUT2D eigenvalue weighted by Gasteiger charge is 2.02. The van der Waals surface area contributed by atoms with Gasteiger partial charge in [0.1, 0.15) is 12.4 Å². The zero-order valence-corrected chi connectivity index (χ0v) is 12.0. The summed E-state index contributed by atoms with van der Waals surface area (Å²) < 4.78 is 5.39. The highest BCUT2D eigenvalue weighted by molar-refractivity contribution is 6.07. The molecule has 0 saturated heterocycles. The monoisotopic (exact) mass is 289 g/mol. The van der Waals surface area contributed by atoms with Crippen LogP contribution in [0.15, 0.2) is 67.3 Å². The molecule has 0 aliphatic rings. The van der Waals surface area contributed by atoms with E-state index in [2.05, 4.69) is 6.58 Å². The van der Waals surface area contributed by atoms with Crippen LogP contribution in [-0.2, 0) is 0 Å². The topological polar surface area (TPSA) is 50.1 Å². The van der Waals surface area contributed by atoms with Crippen LogP contribution in [-0.4, -0.2) is 12.4 Å². The third-order valence-corrected chi connectivity index (χ3v) is 2.95. The molecular formula is C19H15NO2. The minimum atomic E-state index is -0.135.